The van der Waals surface area contributed by atoms with E-state index in [-0.39, 0.29) is 17.9 Å². The Hall–Kier alpha value is -4.06. The van der Waals surface area contributed by atoms with Crippen molar-refractivity contribution in [2.75, 3.05) is 18.5 Å². The van der Waals surface area contributed by atoms with Crippen molar-refractivity contribution < 1.29 is 19.1 Å². The van der Waals surface area contributed by atoms with E-state index < -0.39 is 0 Å². The lowest BCUT2D eigenvalue weighted by molar-refractivity contribution is -0.111. The Labute approximate surface area is 186 Å². The highest BCUT2D eigenvalue weighted by atomic mass is 16.6. The zero-order chi connectivity index (χ0) is 22.3. The summed E-state index contributed by atoms with van der Waals surface area (Å²) in [5, 5.41) is 5.77. The van der Waals surface area contributed by atoms with Crippen molar-refractivity contribution in [2.24, 2.45) is 0 Å². The summed E-state index contributed by atoms with van der Waals surface area (Å²) in [6.07, 6.45) is 3.11. The second-order valence-corrected chi connectivity index (χ2v) is 7.38. The molecule has 0 bridgehead atoms. The largest absolute Gasteiger partial charge is 0.486 e. The predicted octanol–water partition coefficient (Wildman–Crippen LogP) is 4.60. The molecule has 2 N–H and O–H groups in total. The number of benzene rings is 3. The molecule has 0 aromatic heterocycles. The summed E-state index contributed by atoms with van der Waals surface area (Å²) in [6, 6.07) is 22.0. The number of hydrogen-bond donors (Lipinski definition) is 2. The minimum Gasteiger partial charge on any atom is -0.486 e. The van der Waals surface area contributed by atoms with Crippen molar-refractivity contribution in [1.82, 2.24) is 5.32 Å². The van der Waals surface area contributed by atoms with Gasteiger partial charge in [-0.2, -0.15) is 0 Å². The molecular weight excluding hydrogens is 404 g/mol. The van der Waals surface area contributed by atoms with Crippen LogP contribution in [0.15, 0.2) is 78.9 Å². The van der Waals surface area contributed by atoms with Crippen LogP contribution in [0, 0.1) is 0 Å². The minimum atomic E-state index is -0.337. The van der Waals surface area contributed by atoms with E-state index in [1.807, 2.05) is 55.5 Å². The van der Waals surface area contributed by atoms with Crippen LogP contribution in [-0.2, 0) is 4.79 Å². The molecule has 4 rings (SSSR count). The third kappa shape index (κ3) is 5.16. The van der Waals surface area contributed by atoms with Gasteiger partial charge >= 0.3 is 0 Å². The van der Waals surface area contributed by atoms with Gasteiger partial charge < -0.3 is 20.1 Å². The van der Waals surface area contributed by atoms with Gasteiger partial charge in [0.15, 0.2) is 11.5 Å². The van der Waals surface area contributed by atoms with Crippen LogP contribution in [0.1, 0.15) is 34.5 Å². The SMILES string of the molecule is CC(NC(=O)c1ccccc1NC(=O)C=Cc1ccc2c(c1)OCCO2)c1ccccc1. The first-order valence-corrected chi connectivity index (χ1v) is 10.4. The van der Waals surface area contributed by atoms with E-state index in [4.69, 9.17) is 9.47 Å². The number of fused-ring (bicyclic) bond motifs is 1. The molecule has 0 fully saturated rings. The fourth-order valence-corrected chi connectivity index (χ4v) is 3.40. The number of anilines is 1. The van der Waals surface area contributed by atoms with Crippen molar-refractivity contribution in [2.45, 2.75) is 13.0 Å². The number of rotatable bonds is 6. The normalized spacial score (nSPS) is 13.4. The molecule has 1 unspecified atom stereocenters. The van der Waals surface area contributed by atoms with Crippen molar-refractivity contribution in [3.63, 3.8) is 0 Å². The molecule has 0 saturated heterocycles. The van der Waals surface area contributed by atoms with E-state index in [9.17, 15) is 9.59 Å². The highest BCUT2D eigenvalue weighted by Gasteiger charge is 2.15. The van der Waals surface area contributed by atoms with Crippen LogP contribution in [0.4, 0.5) is 5.69 Å². The second-order valence-electron chi connectivity index (χ2n) is 7.38. The minimum absolute atomic E-state index is 0.164. The number of amides is 2. The molecule has 1 heterocycles. The van der Waals surface area contributed by atoms with Crippen LogP contribution in [-0.4, -0.2) is 25.0 Å². The second kappa shape index (κ2) is 9.83. The lowest BCUT2D eigenvalue weighted by Gasteiger charge is -2.18. The van der Waals surface area contributed by atoms with Gasteiger partial charge in [0.1, 0.15) is 13.2 Å². The first kappa shape index (κ1) is 21.2. The van der Waals surface area contributed by atoms with Gasteiger partial charge in [0.05, 0.1) is 17.3 Å². The molecule has 3 aromatic carbocycles. The lowest BCUT2D eigenvalue weighted by atomic mass is 10.1. The fraction of sp³-hybridized carbons (Fsp3) is 0.154. The van der Waals surface area contributed by atoms with Crippen molar-refractivity contribution in [3.8, 4) is 11.5 Å². The topological polar surface area (TPSA) is 76.7 Å². The summed E-state index contributed by atoms with van der Waals surface area (Å²) in [5.74, 6) is 0.764. The summed E-state index contributed by atoms with van der Waals surface area (Å²) < 4.78 is 11.1. The van der Waals surface area contributed by atoms with Gasteiger partial charge in [0, 0.05) is 6.08 Å². The summed E-state index contributed by atoms with van der Waals surface area (Å²) in [5.41, 5.74) is 2.66. The quantitative estimate of drug-likeness (QED) is 0.563. The van der Waals surface area contributed by atoms with Gasteiger partial charge in [-0.05, 0) is 48.4 Å². The van der Waals surface area contributed by atoms with Gasteiger partial charge in [-0.15, -0.1) is 0 Å². The van der Waals surface area contributed by atoms with Gasteiger partial charge in [-0.1, -0.05) is 48.5 Å². The highest BCUT2D eigenvalue weighted by molar-refractivity contribution is 6.07. The maximum Gasteiger partial charge on any atom is 0.253 e. The predicted molar refractivity (Wildman–Crippen MR) is 124 cm³/mol. The Morgan fingerprint density at radius 2 is 1.62 bits per heavy atom. The van der Waals surface area contributed by atoms with Crippen LogP contribution in [0.5, 0.6) is 11.5 Å². The zero-order valence-corrected chi connectivity index (χ0v) is 17.7. The van der Waals surface area contributed by atoms with E-state index in [0.717, 1.165) is 11.1 Å². The first-order valence-electron chi connectivity index (χ1n) is 10.4. The molecule has 6 heteroatoms. The van der Waals surface area contributed by atoms with Crippen LogP contribution in [0.2, 0.25) is 0 Å². The average molecular weight is 428 g/mol. The fourth-order valence-electron chi connectivity index (χ4n) is 3.40. The van der Waals surface area contributed by atoms with Gasteiger partial charge in [0.25, 0.3) is 5.91 Å². The van der Waals surface area contributed by atoms with Crippen LogP contribution < -0.4 is 20.1 Å². The average Bonchev–Trinajstić information content (AvgIpc) is 2.83. The standard InChI is InChI=1S/C26H24N2O4/c1-18(20-7-3-2-4-8-20)27-26(30)21-9-5-6-10-22(21)28-25(29)14-12-19-11-13-23-24(17-19)32-16-15-31-23/h2-14,17-18H,15-16H2,1H3,(H,27,30)(H,28,29). The number of carbonyl (C=O) groups is 2. The molecular formula is C26H24N2O4. The smallest absolute Gasteiger partial charge is 0.253 e. The third-order valence-electron chi connectivity index (χ3n) is 5.07. The molecule has 2 amide bonds. The number of ether oxygens (including phenoxy) is 2. The Kier molecular flexibility index (Phi) is 6.51. The van der Waals surface area contributed by atoms with E-state index >= 15 is 0 Å². The molecule has 162 valence electrons. The Morgan fingerprint density at radius 3 is 2.44 bits per heavy atom. The van der Waals surface area contributed by atoms with Gasteiger partial charge in [-0.25, -0.2) is 0 Å². The first-order chi connectivity index (χ1) is 15.6. The van der Waals surface area contributed by atoms with Gasteiger partial charge in [0.2, 0.25) is 5.91 Å². The van der Waals surface area contributed by atoms with Crippen LogP contribution in [0.3, 0.4) is 0 Å². The maximum atomic E-state index is 12.8. The summed E-state index contributed by atoms with van der Waals surface area (Å²) in [7, 11) is 0. The molecule has 1 aliphatic heterocycles. The number of hydrogen-bond acceptors (Lipinski definition) is 4. The maximum absolute atomic E-state index is 12.8. The number of carbonyl (C=O) groups excluding carboxylic acids is 2. The Bertz CT molecular complexity index is 1140. The highest BCUT2D eigenvalue weighted by Crippen LogP contribution is 2.31. The van der Waals surface area contributed by atoms with E-state index in [1.165, 1.54) is 6.08 Å². The van der Waals surface area contributed by atoms with Crippen molar-refractivity contribution >= 4 is 23.6 Å². The molecule has 1 aliphatic rings. The van der Waals surface area contributed by atoms with Crippen molar-refractivity contribution in [3.05, 3.63) is 95.6 Å². The summed E-state index contributed by atoms with van der Waals surface area (Å²) >= 11 is 0. The molecule has 0 saturated carbocycles. The van der Waals surface area contributed by atoms with Crippen LogP contribution in [0.25, 0.3) is 6.08 Å². The summed E-state index contributed by atoms with van der Waals surface area (Å²) in [4.78, 5) is 25.3. The van der Waals surface area contributed by atoms with Crippen LogP contribution >= 0.6 is 0 Å². The van der Waals surface area contributed by atoms with Crippen molar-refractivity contribution in [1.29, 1.82) is 0 Å². The molecule has 3 aromatic rings. The summed E-state index contributed by atoms with van der Waals surface area (Å²) in [6.45, 7) is 2.95. The lowest BCUT2D eigenvalue weighted by Crippen LogP contribution is -2.27. The Balaban J connectivity index is 1.43. The third-order valence-corrected chi connectivity index (χ3v) is 5.07. The van der Waals surface area contributed by atoms with Gasteiger partial charge in [-0.3, -0.25) is 9.59 Å². The van der Waals surface area contributed by atoms with E-state index in [1.54, 1.807) is 30.3 Å². The molecule has 0 aliphatic carbocycles. The molecule has 32 heavy (non-hydrogen) atoms. The zero-order valence-electron chi connectivity index (χ0n) is 17.7. The monoisotopic (exact) mass is 428 g/mol. The Morgan fingerprint density at radius 1 is 0.906 bits per heavy atom. The molecule has 6 nitrogen and oxygen atoms in total. The molecule has 0 radical (unpaired) electrons. The van der Waals surface area contributed by atoms with E-state index in [2.05, 4.69) is 10.6 Å². The molecule has 0 spiro atoms. The van der Waals surface area contributed by atoms with E-state index in [0.29, 0.717) is 36.0 Å². The number of para-hydroxylation sites is 1. The molecule has 1 atom stereocenters. The number of nitrogens with one attached hydrogen (secondary N) is 2.